The molecule has 1 aromatic heterocycles. The molecule has 2 heterocycles. The Morgan fingerprint density at radius 3 is 3.00 bits per heavy atom. The Morgan fingerprint density at radius 1 is 1.44 bits per heavy atom. The summed E-state index contributed by atoms with van der Waals surface area (Å²) in [5, 5.41) is 0. The van der Waals surface area contributed by atoms with E-state index in [2.05, 4.69) is 19.9 Å². The predicted molar refractivity (Wildman–Crippen MR) is 66.7 cm³/mol. The van der Waals surface area contributed by atoms with Crippen molar-refractivity contribution >= 4 is 5.97 Å². The van der Waals surface area contributed by atoms with Gasteiger partial charge in [0.05, 0.1) is 12.5 Å². The van der Waals surface area contributed by atoms with Crippen LogP contribution in [0.15, 0.2) is 46.3 Å². The number of carbonyl (C=O) groups excluding carboxylic acids is 1. The standard InChI is InChI=1S/C15H16O3/c1-10-4-3-6-15(2)12(10)8-13(16)18-14(15)11-5-7-17-9-11/h4-5,7-9,14H,3,6H2,1-2H3/t14?,15-/m1/s1. The number of esters is 1. The van der Waals surface area contributed by atoms with Gasteiger partial charge in [-0.1, -0.05) is 18.6 Å². The Hall–Kier alpha value is -1.77. The van der Waals surface area contributed by atoms with E-state index >= 15 is 0 Å². The Bertz CT molecular complexity index is 536. The largest absolute Gasteiger partial charge is 0.472 e. The van der Waals surface area contributed by atoms with Crippen molar-refractivity contribution in [2.75, 3.05) is 0 Å². The fourth-order valence-electron chi connectivity index (χ4n) is 3.09. The fraction of sp³-hybridized carbons (Fsp3) is 0.400. The third kappa shape index (κ3) is 1.54. The van der Waals surface area contributed by atoms with Crippen LogP contribution in [-0.4, -0.2) is 5.97 Å². The van der Waals surface area contributed by atoms with Crippen LogP contribution < -0.4 is 0 Å². The summed E-state index contributed by atoms with van der Waals surface area (Å²) < 4.78 is 10.7. The second-order valence-electron chi connectivity index (χ2n) is 5.27. The van der Waals surface area contributed by atoms with Crippen molar-refractivity contribution in [2.45, 2.75) is 32.8 Å². The number of rotatable bonds is 1. The van der Waals surface area contributed by atoms with E-state index in [0.29, 0.717) is 0 Å². The van der Waals surface area contributed by atoms with Crippen LogP contribution in [0.1, 0.15) is 38.4 Å². The summed E-state index contributed by atoms with van der Waals surface area (Å²) in [7, 11) is 0. The highest BCUT2D eigenvalue weighted by Crippen LogP contribution is 2.53. The summed E-state index contributed by atoms with van der Waals surface area (Å²) in [5.74, 6) is -0.261. The SMILES string of the molecule is CC1=CCC[C@]2(C)C1=CC(=O)OC2c1ccoc1. The molecule has 0 spiro atoms. The van der Waals surface area contributed by atoms with Crippen LogP contribution in [0.4, 0.5) is 0 Å². The fourth-order valence-corrected chi connectivity index (χ4v) is 3.09. The molecule has 0 saturated carbocycles. The molecule has 0 bridgehead atoms. The maximum atomic E-state index is 11.8. The molecule has 1 aliphatic carbocycles. The molecule has 3 rings (SSSR count). The summed E-state index contributed by atoms with van der Waals surface area (Å²) >= 11 is 0. The monoisotopic (exact) mass is 244 g/mol. The molecule has 0 amide bonds. The predicted octanol–water partition coefficient (Wildman–Crippen LogP) is 3.55. The van der Waals surface area contributed by atoms with E-state index in [1.807, 2.05) is 6.07 Å². The molecule has 1 unspecified atom stereocenters. The summed E-state index contributed by atoms with van der Waals surface area (Å²) in [6.45, 7) is 4.23. The number of fused-ring (bicyclic) bond motifs is 1. The van der Waals surface area contributed by atoms with Gasteiger partial charge in [0.2, 0.25) is 0 Å². The first kappa shape index (κ1) is 11.3. The Balaban J connectivity index is 2.11. The Kier molecular flexibility index (Phi) is 2.44. The Labute approximate surface area is 106 Å². The number of cyclic esters (lactones) is 1. The van der Waals surface area contributed by atoms with Gasteiger partial charge in [-0.25, -0.2) is 4.79 Å². The van der Waals surface area contributed by atoms with Gasteiger partial charge in [-0.15, -0.1) is 0 Å². The van der Waals surface area contributed by atoms with Gasteiger partial charge >= 0.3 is 5.97 Å². The molecule has 1 aromatic rings. The van der Waals surface area contributed by atoms with Gasteiger partial charge in [0.25, 0.3) is 0 Å². The Morgan fingerprint density at radius 2 is 2.28 bits per heavy atom. The second-order valence-corrected chi connectivity index (χ2v) is 5.27. The normalized spacial score (nSPS) is 31.2. The number of hydrogen-bond donors (Lipinski definition) is 0. The van der Waals surface area contributed by atoms with Gasteiger partial charge in [0, 0.05) is 17.1 Å². The van der Waals surface area contributed by atoms with Crippen LogP contribution in [0.3, 0.4) is 0 Å². The van der Waals surface area contributed by atoms with Crippen LogP contribution in [-0.2, 0) is 9.53 Å². The second kappa shape index (κ2) is 3.87. The van der Waals surface area contributed by atoms with E-state index in [4.69, 9.17) is 9.15 Å². The van der Waals surface area contributed by atoms with Crippen molar-refractivity contribution in [3.8, 4) is 0 Å². The molecule has 0 saturated heterocycles. The van der Waals surface area contributed by atoms with Crippen LogP contribution in [0, 0.1) is 5.41 Å². The number of furan rings is 1. The smallest absolute Gasteiger partial charge is 0.331 e. The van der Waals surface area contributed by atoms with Crippen LogP contribution in [0.5, 0.6) is 0 Å². The van der Waals surface area contributed by atoms with Gasteiger partial charge in [-0.2, -0.15) is 0 Å². The van der Waals surface area contributed by atoms with Crippen molar-refractivity contribution < 1.29 is 13.9 Å². The first-order chi connectivity index (χ1) is 8.61. The minimum absolute atomic E-state index is 0.142. The molecule has 1 aliphatic heterocycles. The molecule has 0 N–H and O–H groups in total. The zero-order chi connectivity index (χ0) is 12.8. The van der Waals surface area contributed by atoms with Gasteiger partial charge in [0.1, 0.15) is 6.10 Å². The van der Waals surface area contributed by atoms with Crippen molar-refractivity contribution in [2.24, 2.45) is 5.41 Å². The lowest BCUT2D eigenvalue weighted by atomic mass is 9.66. The average molecular weight is 244 g/mol. The van der Waals surface area contributed by atoms with E-state index in [1.165, 1.54) is 5.57 Å². The summed E-state index contributed by atoms with van der Waals surface area (Å²) in [6, 6.07) is 1.87. The first-order valence-electron chi connectivity index (χ1n) is 6.23. The summed E-state index contributed by atoms with van der Waals surface area (Å²) in [5.41, 5.74) is 3.09. The molecular weight excluding hydrogens is 228 g/mol. The molecule has 0 aromatic carbocycles. The van der Waals surface area contributed by atoms with Crippen LogP contribution in [0.25, 0.3) is 0 Å². The van der Waals surface area contributed by atoms with Crippen molar-refractivity contribution in [3.05, 3.63) is 47.5 Å². The lowest BCUT2D eigenvalue weighted by Crippen LogP contribution is -2.37. The van der Waals surface area contributed by atoms with E-state index < -0.39 is 0 Å². The van der Waals surface area contributed by atoms with Gasteiger partial charge in [-0.3, -0.25) is 0 Å². The van der Waals surface area contributed by atoms with Crippen molar-refractivity contribution in [1.82, 2.24) is 0 Å². The topological polar surface area (TPSA) is 39.4 Å². The number of carbonyl (C=O) groups is 1. The molecule has 94 valence electrons. The minimum atomic E-state index is -0.261. The zero-order valence-corrected chi connectivity index (χ0v) is 10.6. The molecule has 2 atom stereocenters. The summed E-state index contributed by atoms with van der Waals surface area (Å²) in [6.07, 6.45) is 8.88. The van der Waals surface area contributed by atoms with Gasteiger partial charge in [0.15, 0.2) is 0 Å². The van der Waals surface area contributed by atoms with E-state index in [9.17, 15) is 4.79 Å². The first-order valence-corrected chi connectivity index (χ1v) is 6.23. The molecule has 0 fully saturated rings. The van der Waals surface area contributed by atoms with E-state index in [-0.39, 0.29) is 17.5 Å². The van der Waals surface area contributed by atoms with Crippen LogP contribution >= 0.6 is 0 Å². The average Bonchev–Trinajstić information content (AvgIpc) is 2.84. The van der Waals surface area contributed by atoms with Gasteiger partial charge in [-0.05, 0) is 31.4 Å². The molecule has 2 aliphatic rings. The molecule has 0 radical (unpaired) electrons. The number of ether oxygens (including phenoxy) is 1. The van der Waals surface area contributed by atoms with Gasteiger partial charge < -0.3 is 9.15 Å². The zero-order valence-electron chi connectivity index (χ0n) is 10.6. The molecule has 18 heavy (non-hydrogen) atoms. The highest BCUT2D eigenvalue weighted by molar-refractivity contribution is 5.86. The van der Waals surface area contributed by atoms with Crippen molar-refractivity contribution in [3.63, 3.8) is 0 Å². The van der Waals surface area contributed by atoms with Crippen molar-refractivity contribution in [1.29, 1.82) is 0 Å². The van der Waals surface area contributed by atoms with E-state index in [1.54, 1.807) is 18.6 Å². The maximum Gasteiger partial charge on any atom is 0.331 e. The highest BCUT2D eigenvalue weighted by Gasteiger charge is 2.46. The quantitative estimate of drug-likeness (QED) is 0.709. The maximum absolute atomic E-state index is 11.8. The molecular formula is C15H16O3. The number of allylic oxidation sites excluding steroid dienone is 2. The lowest BCUT2D eigenvalue weighted by Gasteiger charge is -2.43. The molecule has 3 nitrogen and oxygen atoms in total. The number of hydrogen-bond acceptors (Lipinski definition) is 3. The summed E-state index contributed by atoms with van der Waals surface area (Å²) in [4.78, 5) is 11.8. The van der Waals surface area contributed by atoms with E-state index in [0.717, 1.165) is 24.0 Å². The lowest BCUT2D eigenvalue weighted by molar-refractivity contribution is -0.152. The minimum Gasteiger partial charge on any atom is -0.472 e. The third-order valence-electron chi connectivity index (χ3n) is 4.08. The van der Waals surface area contributed by atoms with Crippen LogP contribution in [0.2, 0.25) is 0 Å². The third-order valence-corrected chi connectivity index (χ3v) is 4.08. The molecule has 3 heteroatoms. The highest BCUT2D eigenvalue weighted by atomic mass is 16.5.